The molecule has 5 nitrogen and oxygen atoms in total. The van der Waals surface area contributed by atoms with E-state index >= 15 is 0 Å². The fourth-order valence-electron chi connectivity index (χ4n) is 3.34. The monoisotopic (exact) mass is 359 g/mol. The van der Waals surface area contributed by atoms with Gasteiger partial charge in [-0.05, 0) is 37.1 Å². The van der Waals surface area contributed by atoms with Gasteiger partial charge in [0.25, 0.3) is 0 Å². The largest absolute Gasteiger partial charge is 0.291 e. The molecule has 0 saturated heterocycles. The summed E-state index contributed by atoms with van der Waals surface area (Å²) in [5, 5.41) is 17.9. The van der Waals surface area contributed by atoms with Crippen LogP contribution in [0.4, 0.5) is 0 Å². The van der Waals surface area contributed by atoms with Gasteiger partial charge < -0.3 is 0 Å². The standard InChI is InChI=1S/C20H14ClN5/c21-15-6-3-13(4-7-15)20-18(19(24-25-20)12-1-2-12)14-5-8-17-23-10-16(9-22)26(17)11-14/h3-8,10-12H,1-2H2,(H,24,25). The van der Waals surface area contributed by atoms with E-state index in [4.69, 9.17) is 11.6 Å². The second kappa shape index (κ2) is 5.72. The number of imidazole rings is 1. The molecule has 1 aromatic carbocycles. The van der Waals surface area contributed by atoms with Crippen LogP contribution in [0.3, 0.4) is 0 Å². The molecule has 3 heterocycles. The molecule has 6 heteroatoms. The minimum Gasteiger partial charge on any atom is -0.291 e. The molecular formula is C20H14ClN5. The van der Waals surface area contributed by atoms with Crippen molar-refractivity contribution in [1.82, 2.24) is 19.6 Å². The number of benzene rings is 1. The average Bonchev–Trinajstić information content (AvgIpc) is 3.28. The van der Waals surface area contributed by atoms with E-state index in [1.807, 2.05) is 47.0 Å². The van der Waals surface area contributed by atoms with E-state index < -0.39 is 0 Å². The molecule has 1 fully saturated rings. The second-order valence-corrected chi connectivity index (χ2v) is 6.98. The van der Waals surface area contributed by atoms with Crippen molar-refractivity contribution >= 4 is 17.2 Å². The lowest BCUT2D eigenvalue weighted by atomic mass is 9.98. The Morgan fingerprint density at radius 1 is 1.12 bits per heavy atom. The van der Waals surface area contributed by atoms with Gasteiger partial charge in [-0.25, -0.2) is 4.98 Å². The molecule has 5 rings (SSSR count). The van der Waals surface area contributed by atoms with Crippen LogP contribution >= 0.6 is 11.6 Å². The summed E-state index contributed by atoms with van der Waals surface area (Å²) in [4.78, 5) is 4.27. The van der Waals surface area contributed by atoms with Gasteiger partial charge in [-0.2, -0.15) is 10.4 Å². The Kier molecular flexibility index (Phi) is 3.34. The van der Waals surface area contributed by atoms with Gasteiger partial charge in [-0.3, -0.25) is 9.50 Å². The number of nitrogens with zero attached hydrogens (tertiary/aromatic N) is 4. The van der Waals surface area contributed by atoms with Crippen LogP contribution in [0.15, 0.2) is 48.8 Å². The highest BCUT2D eigenvalue weighted by Gasteiger charge is 2.30. The number of hydrogen-bond acceptors (Lipinski definition) is 3. The van der Waals surface area contributed by atoms with E-state index in [0.29, 0.717) is 16.6 Å². The molecule has 0 bridgehead atoms. The smallest absolute Gasteiger partial charge is 0.144 e. The lowest BCUT2D eigenvalue weighted by molar-refractivity contribution is 0.967. The first-order chi connectivity index (χ1) is 12.7. The molecule has 1 aliphatic rings. The van der Waals surface area contributed by atoms with Gasteiger partial charge in [-0.15, -0.1) is 0 Å². The molecular weight excluding hydrogens is 346 g/mol. The van der Waals surface area contributed by atoms with Crippen LogP contribution in [0.5, 0.6) is 0 Å². The van der Waals surface area contributed by atoms with Crippen LogP contribution < -0.4 is 0 Å². The summed E-state index contributed by atoms with van der Waals surface area (Å²) >= 11 is 6.04. The van der Waals surface area contributed by atoms with Crippen LogP contribution in [0.25, 0.3) is 28.0 Å². The third-order valence-electron chi connectivity index (χ3n) is 4.81. The third kappa shape index (κ3) is 2.39. The summed E-state index contributed by atoms with van der Waals surface area (Å²) in [5.41, 5.74) is 6.47. The van der Waals surface area contributed by atoms with Gasteiger partial charge in [-0.1, -0.05) is 23.7 Å². The molecule has 0 amide bonds. The zero-order chi connectivity index (χ0) is 17.7. The van der Waals surface area contributed by atoms with Crippen molar-refractivity contribution in [3.8, 4) is 28.5 Å². The molecule has 0 unspecified atom stereocenters. The molecule has 1 aliphatic carbocycles. The summed E-state index contributed by atoms with van der Waals surface area (Å²) in [5.74, 6) is 0.521. The summed E-state index contributed by atoms with van der Waals surface area (Å²) in [6.07, 6.45) is 5.91. The average molecular weight is 360 g/mol. The maximum absolute atomic E-state index is 9.32. The summed E-state index contributed by atoms with van der Waals surface area (Å²) < 4.78 is 1.82. The first kappa shape index (κ1) is 15.2. The number of fused-ring (bicyclic) bond motifs is 1. The van der Waals surface area contributed by atoms with E-state index in [1.54, 1.807) is 6.20 Å². The molecule has 1 N–H and O–H groups in total. The quantitative estimate of drug-likeness (QED) is 0.571. The van der Waals surface area contributed by atoms with E-state index in [2.05, 4.69) is 21.3 Å². The van der Waals surface area contributed by atoms with Crippen molar-refractivity contribution in [2.24, 2.45) is 0 Å². The molecule has 1 saturated carbocycles. The zero-order valence-electron chi connectivity index (χ0n) is 13.8. The van der Waals surface area contributed by atoms with Crippen molar-refractivity contribution in [2.75, 3.05) is 0 Å². The normalized spacial score (nSPS) is 13.8. The SMILES string of the molecule is N#Cc1cnc2ccc(-c3c(-c4ccc(Cl)cc4)n[nH]c3C3CC3)cn12. The summed E-state index contributed by atoms with van der Waals surface area (Å²) in [7, 11) is 0. The molecule has 3 aromatic heterocycles. The van der Waals surface area contributed by atoms with Crippen LogP contribution in [0.2, 0.25) is 5.02 Å². The number of rotatable bonds is 3. The highest BCUT2D eigenvalue weighted by atomic mass is 35.5. The van der Waals surface area contributed by atoms with Crippen LogP contribution in [0.1, 0.15) is 30.1 Å². The number of aromatic nitrogens is 4. The fourth-order valence-corrected chi connectivity index (χ4v) is 3.47. The maximum atomic E-state index is 9.32. The molecule has 26 heavy (non-hydrogen) atoms. The zero-order valence-corrected chi connectivity index (χ0v) is 14.5. The van der Waals surface area contributed by atoms with E-state index in [9.17, 15) is 5.26 Å². The van der Waals surface area contributed by atoms with E-state index in [0.717, 1.165) is 33.7 Å². The number of hydrogen-bond donors (Lipinski definition) is 1. The Balaban J connectivity index is 1.74. The molecule has 0 spiro atoms. The van der Waals surface area contributed by atoms with Crippen LogP contribution in [0, 0.1) is 11.3 Å². The fraction of sp³-hybridized carbons (Fsp3) is 0.150. The Labute approximate surface area is 154 Å². The Morgan fingerprint density at radius 2 is 1.88 bits per heavy atom. The number of pyridine rings is 1. The van der Waals surface area contributed by atoms with Crippen molar-refractivity contribution in [3.63, 3.8) is 0 Å². The summed E-state index contributed by atoms with van der Waals surface area (Å²) in [6.45, 7) is 0. The highest BCUT2D eigenvalue weighted by Crippen LogP contribution is 2.46. The molecule has 126 valence electrons. The number of nitrogens with one attached hydrogen (secondary N) is 1. The number of nitriles is 1. The predicted octanol–water partition coefficient (Wildman–Crippen LogP) is 4.79. The van der Waals surface area contributed by atoms with Gasteiger partial charge in [0, 0.05) is 39.5 Å². The molecule has 4 aromatic rings. The Bertz CT molecular complexity index is 1160. The minimum absolute atomic E-state index is 0.520. The number of aromatic amines is 1. The topological polar surface area (TPSA) is 69.8 Å². The first-order valence-corrected chi connectivity index (χ1v) is 8.84. The highest BCUT2D eigenvalue weighted by molar-refractivity contribution is 6.30. The van der Waals surface area contributed by atoms with Crippen molar-refractivity contribution in [3.05, 3.63) is 65.2 Å². The van der Waals surface area contributed by atoms with Gasteiger partial charge in [0.2, 0.25) is 0 Å². The van der Waals surface area contributed by atoms with Crippen molar-refractivity contribution in [2.45, 2.75) is 18.8 Å². The van der Waals surface area contributed by atoms with E-state index in [1.165, 1.54) is 12.8 Å². The lowest BCUT2D eigenvalue weighted by Gasteiger charge is -2.08. The minimum atomic E-state index is 0.520. The van der Waals surface area contributed by atoms with Gasteiger partial charge in [0.15, 0.2) is 0 Å². The number of H-pyrrole nitrogens is 1. The maximum Gasteiger partial charge on any atom is 0.144 e. The lowest BCUT2D eigenvalue weighted by Crippen LogP contribution is -1.92. The van der Waals surface area contributed by atoms with Gasteiger partial charge in [0.1, 0.15) is 23.1 Å². The van der Waals surface area contributed by atoms with Crippen LogP contribution in [-0.4, -0.2) is 19.6 Å². The van der Waals surface area contributed by atoms with Gasteiger partial charge in [0.05, 0.1) is 6.20 Å². The first-order valence-electron chi connectivity index (χ1n) is 8.46. The second-order valence-electron chi connectivity index (χ2n) is 6.54. The Hall–Kier alpha value is -3.10. The molecule has 0 atom stereocenters. The molecule has 0 radical (unpaired) electrons. The third-order valence-corrected chi connectivity index (χ3v) is 5.06. The molecule has 0 aliphatic heterocycles. The summed E-state index contributed by atoms with van der Waals surface area (Å²) in [6, 6.07) is 13.9. The number of halogens is 1. The van der Waals surface area contributed by atoms with Crippen molar-refractivity contribution < 1.29 is 0 Å². The Morgan fingerprint density at radius 3 is 2.62 bits per heavy atom. The predicted molar refractivity (Wildman–Crippen MR) is 99.9 cm³/mol. The van der Waals surface area contributed by atoms with E-state index in [-0.39, 0.29) is 0 Å². The van der Waals surface area contributed by atoms with Crippen LogP contribution in [-0.2, 0) is 0 Å². The van der Waals surface area contributed by atoms with Crippen molar-refractivity contribution in [1.29, 1.82) is 5.26 Å². The van der Waals surface area contributed by atoms with Gasteiger partial charge >= 0.3 is 0 Å².